The molecule has 0 fully saturated rings. The predicted molar refractivity (Wildman–Crippen MR) is 85.1 cm³/mol. The molecule has 0 aliphatic carbocycles. The molecule has 0 spiro atoms. The van der Waals surface area contributed by atoms with Crippen molar-refractivity contribution < 1.29 is 29.6 Å². The van der Waals surface area contributed by atoms with Crippen molar-refractivity contribution in [1.29, 1.82) is 0 Å². The van der Waals surface area contributed by atoms with E-state index in [1.165, 1.54) is 15.9 Å². The topological polar surface area (TPSA) is 0 Å². The largest absolute Gasteiger partial charge is 1.00 e. The zero-order valence-electron chi connectivity index (χ0n) is 11.6. The first-order chi connectivity index (χ1) is 9.45. The zero-order chi connectivity index (χ0) is 12.9. The first-order valence-corrected chi connectivity index (χ1v) is 7.74. The first kappa shape index (κ1) is 15.5. The molecule has 0 aromatic heterocycles. The van der Waals surface area contributed by atoms with Crippen LogP contribution in [0.2, 0.25) is 0 Å². The molecule has 92 valence electrons. The average molecular weight is 285 g/mol. The van der Waals surface area contributed by atoms with E-state index < -0.39 is 7.92 Å². The van der Waals surface area contributed by atoms with Crippen LogP contribution < -0.4 is 45.5 Å². The van der Waals surface area contributed by atoms with Crippen molar-refractivity contribution in [3.05, 3.63) is 91.0 Å². The van der Waals surface area contributed by atoms with Gasteiger partial charge in [0.2, 0.25) is 0 Å². The molecule has 2 heteroatoms. The van der Waals surface area contributed by atoms with Gasteiger partial charge in [0.25, 0.3) is 0 Å². The van der Waals surface area contributed by atoms with Gasteiger partial charge in [-0.2, -0.15) is 0 Å². The first-order valence-electron chi connectivity index (χ1n) is 6.40. The van der Waals surface area contributed by atoms with Gasteiger partial charge in [-0.05, 0) is 23.8 Å². The van der Waals surface area contributed by atoms with E-state index in [0.717, 1.165) is 0 Å². The molecule has 0 saturated carbocycles. The molecule has 0 saturated heterocycles. The Hall–Kier alpha value is -0.910. The second-order valence-corrected chi connectivity index (χ2v) is 6.56. The minimum atomic E-state index is -0.446. The van der Waals surface area contributed by atoms with Crippen molar-refractivity contribution in [3.8, 4) is 0 Å². The third kappa shape index (κ3) is 3.59. The van der Waals surface area contributed by atoms with Crippen LogP contribution in [-0.4, -0.2) is 0 Å². The zero-order valence-corrected chi connectivity index (χ0v) is 14.5. The van der Waals surface area contributed by atoms with Crippen LogP contribution >= 0.6 is 7.92 Å². The summed E-state index contributed by atoms with van der Waals surface area (Å²) in [7, 11) is -0.446. The Morgan fingerprint density at radius 2 is 0.650 bits per heavy atom. The molecule has 20 heavy (non-hydrogen) atoms. The monoisotopic (exact) mass is 285 g/mol. The van der Waals surface area contributed by atoms with Gasteiger partial charge in [-0.3, -0.25) is 0 Å². The van der Waals surface area contributed by atoms with Crippen molar-refractivity contribution >= 4 is 23.8 Å². The number of hydrogen-bond acceptors (Lipinski definition) is 0. The second kappa shape index (κ2) is 7.76. The molecule has 0 bridgehead atoms. The SMILES string of the molecule is [Na+].c1ccc(P(c2ccccc2)c2ccccc2)cc1. The summed E-state index contributed by atoms with van der Waals surface area (Å²) in [6, 6.07) is 32.3. The molecule has 3 aromatic carbocycles. The Kier molecular flexibility index (Phi) is 6.01. The third-order valence-corrected chi connectivity index (χ3v) is 5.49. The van der Waals surface area contributed by atoms with E-state index in [9.17, 15) is 0 Å². The second-order valence-electron chi connectivity index (χ2n) is 4.34. The Balaban J connectivity index is 0.00000147. The van der Waals surface area contributed by atoms with Gasteiger partial charge in [0.1, 0.15) is 0 Å². The fourth-order valence-corrected chi connectivity index (χ4v) is 4.48. The van der Waals surface area contributed by atoms with Gasteiger partial charge in [0.15, 0.2) is 0 Å². The van der Waals surface area contributed by atoms with E-state index in [4.69, 9.17) is 0 Å². The Labute approximate surface area is 143 Å². The van der Waals surface area contributed by atoms with Crippen LogP contribution in [0.4, 0.5) is 0 Å². The maximum atomic E-state index is 2.23. The summed E-state index contributed by atoms with van der Waals surface area (Å²) in [5.41, 5.74) is 0. The quantitative estimate of drug-likeness (QED) is 0.484. The normalized spacial score (nSPS) is 10.1. The van der Waals surface area contributed by atoms with Crippen molar-refractivity contribution in [1.82, 2.24) is 0 Å². The van der Waals surface area contributed by atoms with Gasteiger partial charge < -0.3 is 0 Å². The summed E-state index contributed by atoms with van der Waals surface area (Å²) in [4.78, 5) is 0. The van der Waals surface area contributed by atoms with Gasteiger partial charge in [-0.1, -0.05) is 91.0 Å². The van der Waals surface area contributed by atoms with Crippen LogP contribution in [0.25, 0.3) is 0 Å². The maximum Gasteiger partial charge on any atom is 1.00 e. The van der Waals surface area contributed by atoms with Crippen LogP contribution in [0, 0.1) is 0 Å². The van der Waals surface area contributed by atoms with Crippen molar-refractivity contribution in [2.45, 2.75) is 0 Å². The third-order valence-electron chi connectivity index (χ3n) is 3.04. The van der Waals surface area contributed by atoms with Crippen LogP contribution in [0.15, 0.2) is 91.0 Å². The molecule has 0 atom stereocenters. The van der Waals surface area contributed by atoms with Gasteiger partial charge >= 0.3 is 29.6 Å². The van der Waals surface area contributed by atoms with E-state index in [1.54, 1.807) is 0 Å². The molecule has 3 aromatic rings. The van der Waals surface area contributed by atoms with Gasteiger partial charge in [0, 0.05) is 0 Å². The summed E-state index contributed by atoms with van der Waals surface area (Å²) in [5, 5.41) is 4.19. The molecule has 0 nitrogen and oxygen atoms in total. The van der Waals surface area contributed by atoms with Crippen LogP contribution in [-0.2, 0) is 0 Å². The standard InChI is InChI=1S/C18H15P.Na/c1-4-10-16(11-5-1)19(17-12-6-2-7-13-17)18-14-8-3-9-15-18;/h1-15H;/q;+1. The molecular weight excluding hydrogens is 270 g/mol. The smallest absolute Gasteiger partial charge is 0.0622 e. The van der Waals surface area contributed by atoms with Crippen LogP contribution in [0.1, 0.15) is 0 Å². The van der Waals surface area contributed by atoms with Crippen molar-refractivity contribution in [2.24, 2.45) is 0 Å². The maximum absolute atomic E-state index is 2.23. The fourth-order valence-electron chi connectivity index (χ4n) is 2.18. The van der Waals surface area contributed by atoms with Crippen LogP contribution in [0.3, 0.4) is 0 Å². The Morgan fingerprint density at radius 1 is 0.400 bits per heavy atom. The summed E-state index contributed by atoms with van der Waals surface area (Å²) in [5.74, 6) is 0. The molecule has 0 heterocycles. The summed E-state index contributed by atoms with van der Waals surface area (Å²) < 4.78 is 0. The Morgan fingerprint density at radius 3 is 0.900 bits per heavy atom. The van der Waals surface area contributed by atoms with E-state index in [2.05, 4.69) is 91.0 Å². The molecule has 0 N–H and O–H groups in total. The average Bonchev–Trinajstić information content (AvgIpc) is 2.51. The van der Waals surface area contributed by atoms with E-state index >= 15 is 0 Å². The predicted octanol–water partition coefficient (Wildman–Crippen LogP) is 0.449. The number of rotatable bonds is 3. The van der Waals surface area contributed by atoms with Crippen molar-refractivity contribution in [2.75, 3.05) is 0 Å². The summed E-state index contributed by atoms with van der Waals surface area (Å²) >= 11 is 0. The Bertz CT molecular complexity index is 529. The molecular formula is C18H15NaP+. The van der Waals surface area contributed by atoms with E-state index in [-0.39, 0.29) is 29.6 Å². The van der Waals surface area contributed by atoms with Crippen molar-refractivity contribution in [3.63, 3.8) is 0 Å². The minimum absolute atomic E-state index is 0. The minimum Gasteiger partial charge on any atom is -0.0622 e. The number of benzene rings is 3. The fraction of sp³-hybridized carbons (Fsp3) is 0. The number of hydrogen-bond donors (Lipinski definition) is 0. The molecule has 0 radical (unpaired) electrons. The van der Waals surface area contributed by atoms with Gasteiger partial charge in [-0.25, -0.2) is 0 Å². The summed E-state index contributed by atoms with van der Waals surface area (Å²) in [6.07, 6.45) is 0. The van der Waals surface area contributed by atoms with E-state index in [1.807, 2.05) is 0 Å². The molecule has 3 rings (SSSR count). The molecule has 0 aliphatic heterocycles. The van der Waals surface area contributed by atoms with Crippen LogP contribution in [0.5, 0.6) is 0 Å². The summed E-state index contributed by atoms with van der Waals surface area (Å²) in [6.45, 7) is 0. The van der Waals surface area contributed by atoms with Gasteiger partial charge in [0.05, 0.1) is 0 Å². The van der Waals surface area contributed by atoms with E-state index in [0.29, 0.717) is 0 Å². The molecule has 0 amide bonds. The molecule has 0 aliphatic rings. The van der Waals surface area contributed by atoms with Gasteiger partial charge in [-0.15, -0.1) is 0 Å². The molecule has 0 unspecified atom stereocenters.